The zero-order chi connectivity index (χ0) is 39.0. The van der Waals surface area contributed by atoms with E-state index in [4.69, 9.17) is 9.47 Å². The number of carbonyl (C=O) groups is 2. The van der Waals surface area contributed by atoms with Gasteiger partial charge < -0.3 is 34.8 Å². The van der Waals surface area contributed by atoms with Crippen LogP contribution in [0.25, 0.3) is 23.8 Å². The number of fused-ring (bicyclic) bond motifs is 7. The number of hydrogen-bond donors (Lipinski definition) is 5. The van der Waals surface area contributed by atoms with Crippen molar-refractivity contribution in [2.75, 3.05) is 13.7 Å². The zero-order valence-corrected chi connectivity index (χ0v) is 33.9. The van der Waals surface area contributed by atoms with Crippen LogP contribution in [0.15, 0.2) is 23.0 Å². The highest BCUT2D eigenvalue weighted by molar-refractivity contribution is 5.95. The van der Waals surface area contributed by atoms with Gasteiger partial charge in [0.15, 0.2) is 0 Å². The summed E-state index contributed by atoms with van der Waals surface area (Å²) >= 11 is 0. The van der Waals surface area contributed by atoms with E-state index in [9.17, 15) is 14.7 Å². The number of aromatic amines is 3. The minimum atomic E-state index is -1.10. The lowest BCUT2D eigenvalue weighted by Crippen LogP contribution is -2.24. The van der Waals surface area contributed by atoms with Crippen molar-refractivity contribution in [3.63, 3.8) is 0 Å². The van der Waals surface area contributed by atoms with E-state index in [0.717, 1.165) is 76.1 Å². The number of methoxy groups -OCH3 is 1. The number of aromatic nitrogens is 3. The third kappa shape index (κ3) is 7.31. The molecule has 9 nitrogen and oxygen atoms in total. The van der Waals surface area contributed by atoms with E-state index in [2.05, 4.69) is 93.9 Å². The maximum Gasteiger partial charge on any atom is 0.316 e. The number of aliphatic hydroxyl groups excluding tert-OH is 1. The lowest BCUT2D eigenvalue weighted by atomic mass is 9.84. The Morgan fingerprint density at radius 2 is 1.61 bits per heavy atom. The highest BCUT2D eigenvalue weighted by Crippen LogP contribution is 2.52. The number of rotatable bonds is 12. The third-order valence-corrected chi connectivity index (χ3v) is 12.2. The topological polar surface area (TPSA) is 132 Å². The molecule has 4 atom stereocenters. The number of allylic oxidation sites excluding steroid dienone is 3. The summed E-state index contributed by atoms with van der Waals surface area (Å²) in [5, 5.41) is 17.8. The molecule has 0 aromatic carbocycles. The molecule has 3 aromatic heterocycles. The van der Waals surface area contributed by atoms with Crippen molar-refractivity contribution in [3.8, 4) is 0 Å². The smallest absolute Gasteiger partial charge is 0.316 e. The van der Waals surface area contributed by atoms with Gasteiger partial charge in [-0.2, -0.15) is 0 Å². The van der Waals surface area contributed by atoms with Crippen molar-refractivity contribution in [2.45, 2.75) is 113 Å². The molecule has 0 saturated carbocycles. The summed E-state index contributed by atoms with van der Waals surface area (Å²) in [5.74, 6) is -1.19. The van der Waals surface area contributed by atoms with Gasteiger partial charge in [-0.1, -0.05) is 46.6 Å². The Morgan fingerprint density at radius 3 is 2.30 bits per heavy atom. The first-order valence-corrected chi connectivity index (χ1v) is 19.9. The Balaban J connectivity index is 1.47. The number of aliphatic hydroxyl groups is 1. The molecule has 0 unspecified atom stereocenters. The summed E-state index contributed by atoms with van der Waals surface area (Å²) in [6.45, 7) is 19.7. The molecule has 2 aliphatic heterocycles. The van der Waals surface area contributed by atoms with E-state index in [-0.39, 0.29) is 30.8 Å². The first-order chi connectivity index (χ1) is 25.8. The van der Waals surface area contributed by atoms with Crippen LogP contribution in [0.4, 0.5) is 0 Å². The summed E-state index contributed by atoms with van der Waals surface area (Å²) in [7, 11) is 1.37. The number of esters is 2. The van der Waals surface area contributed by atoms with Crippen LogP contribution in [-0.4, -0.2) is 45.7 Å². The predicted molar refractivity (Wildman–Crippen MR) is 216 cm³/mol. The Morgan fingerprint density at radius 1 is 0.907 bits per heavy atom. The van der Waals surface area contributed by atoms with Gasteiger partial charge in [0.05, 0.1) is 18.9 Å². The van der Waals surface area contributed by atoms with Crippen molar-refractivity contribution in [2.24, 2.45) is 23.7 Å². The Bertz CT molecular complexity index is 2150. The van der Waals surface area contributed by atoms with Crippen molar-refractivity contribution >= 4 is 35.7 Å². The van der Waals surface area contributed by atoms with Crippen LogP contribution in [0.1, 0.15) is 136 Å². The van der Waals surface area contributed by atoms with Crippen molar-refractivity contribution in [3.05, 3.63) is 89.9 Å². The SMILES string of the molecule is CCc1c2[nH]c(c1C)/C=C1\N/C(=C3\c4[nH]c(c(C)c4[C@H](O)[C@@H]3C(=O)OC)/C=c3\[nH]/c(c(C)c3CC)=C\2)[C@@H](CCC(=O)OC/C=C(\C)CCCC(C)C)[C@@H]1C. The fourth-order valence-electron chi connectivity index (χ4n) is 8.93. The second kappa shape index (κ2) is 16.1. The van der Waals surface area contributed by atoms with E-state index in [1.807, 2.05) is 13.0 Å². The van der Waals surface area contributed by atoms with Crippen LogP contribution in [0.5, 0.6) is 0 Å². The van der Waals surface area contributed by atoms with E-state index in [1.54, 1.807) is 0 Å². The van der Waals surface area contributed by atoms with Gasteiger partial charge in [-0.15, -0.1) is 0 Å². The molecule has 6 rings (SSSR count). The highest BCUT2D eigenvalue weighted by atomic mass is 16.5. The van der Waals surface area contributed by atoms with Crippen LogP contribution in [0.2, 0.25) is 0 Å². The molecule has 290 valence electrons. The molecule has 1 aliphatic carbocycles. The van der Waals surface area contributed by atoms with Gasteiger partial charge in [-0.25, -0.2) is 0 Å². The van der Waals surface area contributed by atoms with E-state index < -0.39 is 18.0 Å². The normalized spacial score (nSPS) is 24.1. The molecule has 0 amide bonds. The van der Waals surface area contributed by atoms with Gasteiger partial charge in [-0.3, -0.25) is 9.59 Å². The van der Waals surface area contributed by atoms with Crippen molar-refractivity contribution < 1.29 is 24.2 Å². The molecule has 9 heteroatoms. The fourth-order valence-corrected chi connectivity index (χ4v) is 8.93. The minimum absolute atomic E-state index is 0.0271. The summed E-state index contributed by atoms with van der Waals surface area (Å²) in [4.78, 5) is 37.9. The van der Waals surface area contributed by atoms with Gasteiger partial charge in [0, 0.05) is 68.6 Å². The molecule has 3 aliphatic rings. The maximum atomic E-state index is 13.6. The van der Waals surface area contributed by atoms with Crippen LogP contribution in [-0.2, 0) is 31.9 Å². The predicted octanol–water partition coefficient (Wildman–Crippen LogP) is 7.23. The lowest BCUT2D eigenvalue weighted by molar-refractivity contribution is -0.146. The van der Waals surface area contributed by atoms with Gasteiger partial charge in [0.25, 0.3) is 0 Å². The van der Waals surface area contributed by atoms with Gasteiger partial charge in [0.1, 0.15) is 12.5 Å². The largest absolute Gasteiger partial charge is 0.468 e. The minimum Gasteiger partial charge on any atom is -0.468 e. The summed E-state index contributed by atoms with van der Waals surface area (Å²) in [6.07, 6.45) is 13.2. The van der Waals surface area contributed by atoms with Crippen LogP contribution in [0.3, 0.4) is 0 Å². The molecule has 0 radical (unpaired) electrons. The molecule has 0 spiro atoms. The average Bonchev–Trinajstić information content (AvgIpc) is 3.87. The summed E-state index contributed by atoms with van der Waals surface area (Å²) < 4.78 is 11.0. The van der Waals surface area contributed by atoms with E-state index in [1.165, 1.54) is 41.4 Å². The highest BCUT2D eigenvalue weighted by Gasteiger charge is 2.48. The van der Waals surface area contributed by atoms with Crippen molar-refractivity contribution in [1.29, 1.82) is 0 Å². The molecule has 8 bridgehead atoms. The molecule has 3 aromatic rings. The first kappa shape index (κ1) is 39.2. The van der Waals surface area contributed by atoms with Gasteiger partial charge in [-0.05, 0) is 118 Å². The first-order valence-electron chi connectivity index (χ1n) is 19.9. The molecular formula is C45H60N4O5. The molecular weight excluding hydrogens is 677 g/mol. The molecule has 1 fully saturated rings. The van der Waals surface area contributed by atoms with Gasteiger partial charge in [0.2, 0.25) is 0 Å². The van der Waals surface area contributed by atoms with E-state index in [0.29, 0.717) is 23.5 Å². The summed E-state index contributed by atoms with van der Waals surface area (Å²) in [5.41, 5.74) is 13.9. The fraction of sp³-hybridized carbons (Fsp3) is 0.511. The van der Waals surface area contributed by atoms with Crippen molar-refractivity contribution in [1.82, 2.24) is 20.3 Å². The Labute approximate surface area is 320 Å². The Kier molecular flexibility index (Phi) is 11.7. The van der Waals surface area contributed by atoms with Crippen LogP contribution in [0, 0.1) is 44.4 Å². The van der Waals surface area contributed by atoms with Crippen LogP contribution < -0.4 is 16.0 Å². The molecule has 54 heavy (non-hydrogen) atoms. The molecule has 1 saturated heterocycles. The summed E-state index contributed by atoms with van der Waals surface area (Å²) in [6, 6.07) is 0. The number of hydrogen-bond acceptors (Lipinski definition) is 6. The Hall–Kier alpha value is -4.50. The average molecular weight is 737 g/mol. The monoisotopic (exact) mass is 736 g/mol. The molecule has 5 heterocycles. The second-order valence-electron chi connectivity index (χ2n) is 16.0. The number of nitrogens with one attached hydrogen (secondary N) is 4. The van der Waals surface area contributed by atoms with E-state index >= 15 is 0 Å². The number of H-pyrrole nitrogens is 3. The quantitative estimate of drug-likeness (QED) is 0.0985. The molecule has 5 N–H and O–H groups in total. The number of carbonyl (C=O) groups excluding carboxylic acids is 2. The lowest BCUT2D eigenvalue weighted by Gasteiger charge is -2.21. The van der Waals surface area contributed by atoms with Crippen LogP contribution >= 0.6 is 0 Å². The third-order valence-electron chi connectivity index (χ3n) is 12.2. The standard InChI is InChI=1S/C45H60N4O5/c1-11-29-25(6)32-20-34-27(8)31(16-17-38(50)54-19-18-24(5)15-13-14-23(3)4)42(48-34)40-41(45(52)53-10)44(51)39-28(9)35(49-43(39)40)22-37-30(12-2)26(7)33(47-37)21-36(29)46-32/h18,20-23,27,31,41,44,46-49,51H,11-17,19H2,1-10H3/b24-18+,33-21-,34-20-,37-22-,42-40-/t27-,31-,41+,44-/m0/s1. The maximum absolute atomic E-state index is 13.6. The van der Waals surface area contributed by atoms with Gasteiger partial charge >= 0.3 is 11.9 Å². The second-order valence-corrected chi connectivity index (χ2v) is 16.0. The number of ether oxygens (including phenoxy) is 2. The zero-order valence-electron chi connectivity index (χ0n) is 33.9.